The maximum absolute atomic E-state index is 12.8. The number of carbonyl (C=O) groups excluding carboxylic acids is 1. The first-order valence-electron chi connectivity index (χ1n) is 8.89. The van der Waals surface area contributed by atoms with Crippen LogP contribution in [0.1, 0.15) is 29.8 Å². The fourth-order valence-electron chi connectivity index (χ4n) is 3.67. The fourth-order valence-corrected chi connectivity index (χ4v) is 4.07. The van der Waals surface area contributed by atoms with Crippen molar-refractivity contribution in [2.45, 2.75) is 32.4 Å². The highest BCUT2D eigenvalue weighted by Crippen LogP contribution is 2.20. The predicted molar refractivity (Wildman–Crippen MR) is 106 cm³/mol. The normalized spacial score (nSPS) is 21.3. The molecular weight excluding hydrogens is 376 g/mol. The maximum atomic E-state index is 12.8. The second-order valence-corrected chi connectivity index (χ2v) is 7.81. The Morgan fingerprint density at radius 3 is 2.36 bits per heavy atom. The summed E-state index contributed by atoms with van der Waals surface area (Å²) in [6, 6.07) is 19.0. The molecule has 132 valence electrons. The van der Waals surface area contributed by atoms with Crippen molar-refractivity contribution in [3.8, 4) is 0 Å². The molecule has 0 bridgehead atoms. The zero-order valence-corrected chi connectivity index (χ0v) is 16.4. The van der Waals surface area contributed by atoms with Gasteiger partial charge in [-0.1, -0.05) is 52.3 Å². The summed E-state index contributed by atoms with van der Waals surface area (Å²) in [5.41, 5.74) is 2.13. The number of halogens is 1. The Labute approximate surface area is 158 Å². The molecule has 3 rings (SSSR count). The number of carbonyl (C=O) groups is 1. The summed E-state index contributed by atoms with van der Waals surface area (Å²) in [7, 11) is 0. The van der Waals surface area contributed by atoms with E-state index in [9.17, 15) is 4.79 Å². The van der Waals surface area contributed by atoms with E-state index < -0.39 is 0 Å². The van der Waals surface area contributed by atoms with Crippen LogP contribution in [0.3, 0.4) is 0 Å². The van der Waals surface area contributed by atoms with Crippen molar-refractivity contribution in [3.63, 3.8) is 0 Å². The predicted octanol–water partition coefficient (Wildman–Crippen LogP) is 4.23. The Hall–Kier alpha value is -1.65. The van der Waals surface area contributed by atoms with Gasteiger partial charge in [0.1, 0.15) is 0 Å². The molecule has 4 heteroatoms. The first kappa shape index (κ1) is 18.2. The number of hydrogen-bond donors (Lipinski definition) is 0. The SMILES string of the molecule is CC1CN(C(=O)c2cccc(Br)c2)CC(C)N1CCc1ccccc1. The summed E-state index contributed by atoms with van der Waals surface area (Å²) < 4.78 is 0.945. The van der Waals surface area contributed by atoms with Crippen LogP contribution in [0.2, 0.25) is 0 Å². The van der Waals surface area contributed by atoms with Gasteiger partial charge in [-0.05, 0) is 44.0 Å². The molecule has 2 aromatic rings. The van der Waals surface area contributed by atoms with Crippen molar-refractivity contribution in [3.05, 3.63) is 70.2 Å². The lowest BCUT2D eigenvalue weighted by molar-refractivity contribution is 0.0311. The standard InChI is InChI=1S/C21H25BrN2O/c1-16-14-23(21(25)19-9-6-10-20(22)13-19)15-17(2)24(16)12-11-18-7-4-3-5-8-18/h3-10,13,16-17H,11-12,14-15H2,1-2H3. The molecule has 2 atom stereocenters. The molecule has 0 N–H and O–H groups in total. The van der Waals surface area contributed by atoms with E-state index in [2.05, 4.69) is 65.0 Å². The van der Waals surface area contributed by atoms with E-state index >= 15 is 0 Å². The fraction of sp³-hybridized carbons (Fsp3) is 0.381. The van der Waals surface area contributed by atoms with E-state index in [0.717, 1.165) is 36.1 Å². The Morgan fingerprint density at radius 1 is 1.04 bits per heavy atom. The first-order valence-corrected chi connectivity index (χ1v) is 9.68. The zero-order chi connectivity index (χ0) is 17.8. The number of nitrogens with zero attached hydrogens (tertiary/aromatic N) is 2. The third-order valence-electron chi connectivity index (χ3n) is 4.96. The molecule has 1 aliphatic rings. The number of amides is 1. The Kier molecular flexibility index (Phi) is 5.92. The van der Waals surface area contributed by atoms with E-state index in [1.54, 1.807) is 0 Å². The van der Waals surface area contributed by atoms with Crippen LogP contribution in [0.25, 0.3) is 0 Å². The van der Waals surface area contributed by atoms with Gasteiger partial charge in [-0.2, -0.15) is 0 Å². The third kappa shape index (κ3) is 4.50. The summed E-state index contributed by atoms with van der Waals surface area (Å²) in [5, 5.41) is 0. The van der Waals surface area contributed by atoms with Gasteiger partial charge >= 0.3 is 0 Å². The molecule has 1 heterocycles. The summed E-state index contributed by atoms with van der Waals surface area (Å²) in [6.07, 6.45) is 1.05. The number of hydrogen-bond acceptors (Lipinski definition) is 2. The smallest absolute Gasteiger partial charge is 0.253 e. The minimum atomic E-state index is 0.128. The molecule has 0 saturated carbocycles. The Morgan fingerprint density at radius 2 is 1.72 bits per heavy atom. The molecule has 0 radical (unpaired) electrons. The van der Waals surface area contributed by atoms with Crippen LogP contribution >= 0.6 is 15.9 Å². The average molecular weight is 401 g/mol. The van der Waals surface area contributed by atoms with Crippen LogP contribution in [0, 0.1) is 0 Å². The molecule has 0 aliphatic carbocycles. The first-order chi connectivity index (χ1) is 12.0. The van der Waals surface area contributed by atoms with Gasteiger partial charge in [0.05, 0.1) is 0 Å². The molecule has 1 fully saturated rings. The highest BCUT2D eigenvalue weighted by atomic mass is 79.9. The van der Waals surface area contributed by atoms with Gasteiger partial charge in [-0.25, -0.2) is 0 Å². The molecule has 2 aromatic carbocycles. The minimum Gasteiger partial charge on any atom is -0.336 e. The van der Waals surface area contributed by atoms with E-state index in [-0.39, 0.29) is 5.91 Å². The van der Waals surface area contributed by atoms with Crippen LogP contribution in [-0.2, 0) is 6.42 Å². The minimum absolute atomic E-state index is 0.128. The van der Waals surface area contributed by atoms with Crippen LogP contribution in [0.15, 0.2) is 59.1 Å². The molecule has 1 amide bonds. The number of rotatable bonds is 4. The van der Waals surface area contributed by atoms with Gasteiger partial charge in [0.2, 0.25) is 0 Å². The van der Waals surface area contributed by atoms with E-state index in [4.69, 9.17) is 0 Å². The van der Waals surface area contributed by atoms with Gasteiger partial charge in [0.25, 0.3) is 5.91 Å². The summed E-state index contributed by atoms with van der Waals surface area (Å²) in [5.74, 6) is 0.128. The van der Waals surface area contributed by atoms with Crippen molar-refractivity contribution in [2.24, 2.45) is 0 Å². The van der Waals surface area contributed by atoms with Crippen molar-refractivity contribution in [2.75, 3.05) is 19.6 Å². The zero-order valence-electron chi connectivity index (χ0n) is 14.9. The summed E-state index contributed by atoms with van der Waals surface area (Å²) in [6.45, 7) is 7.05. The van der Waals surface area contributed by atoms with Gasteiger partial charge in [0.15, 0.2) is 0 Å². The highest BCUT2D eigenvalue weighted by molar-refractivity contribution is 9.10. The van der Waals surface area contributed by atoms with Crippen molar-refractivity contribution < 1.29 is 4.79 Å². The monoisotopic (exact) mass is 400 g/mol. The van der Waals surface area contributed by atoms with E-state index in [0.29, 0.717) is 12.1 Å². The second kappa shape index (κ2) is 8.15. The second-order valence-electron chi connectivity index (χ2n) is 6.89. The van der Waals surface area contributed by atoms with Crippen molar-refractivity contribution in [1.29, 1.82) is 0 Å². The van der Waals surface area contributed by atoms with E-state index in [1.165, 1.54) is 5.56 Å². The van der Waals surface area contributed by atoms with Gasteiger partial charge in [0, 0.05) is 41.8 Å². The summed E-state index contributed by atoms with van der Waals surface area (Å²) >= 11 is 3.45. The third-order valence-corrected chi connectivity index (χ3v) is 5.46. The van der Waals surface area contributed by atoms with Crippen LogP contribution < -0.4 is 0 Å². The number of piperazine rings is 1. The molecular formula is C21H25BrN2O. The quantitative estimate of drug-likeness (QED) is 0.766. The number of benzene rings is 2. The van der Waals surface area contributed by atoms with E-state index in [1.807, 2.05) is 29.2 Å². The van der Waals surface area contributed by atoms with Gasteiger partial charge < -0.3 is 4.90 Å². The molecule has 2 unspecified atom stereocenters. The molecule has 25 heavy (non-hydrogen) atoms. The van der Waals surface area contributed by atoms with Crippen LogP contribution in [0.5, 0.6) is 0 Å². The Bertz CT molecular complexity index is 707. The van der Waals surface area contributed by atoms with Crippen molar-refractivity contribution >= 4 is 21.8 Å². The van der Waals surface area contributed by atoms with Crippen LogP contribution in [-0.4, -0.2) is 47.4 Å². The van der Waals surface area contributed by atoms with Crippen LogP contribution in [0.4, 0.5) is 0 Å². The molecule has 0 aromatic heterocycles. The lowest BCUT2D eigenvalue weighted by atomic mass is 10.0. The lowest BCUT2D eigenvalue weighted by Gasteiger charge is -2.44. The molecule has 1 aliphatic heterocycles. The highest BCUT2D eigenvalue weighted by Gasteiger charge is 2.31. The average Bonchev–Trinajstić information content (AvgIpc) is 2.61. The topological polar surface area (TPSA) is 23.6 Å². The van der Waals surface area contributed by atoms with Crippen molar-refractivity contribution in [1.82, 2.24) is 9.80 Å². The molecule has 3 nitrogen and oxygen atoms in total. The largest absolute Gasteiger partial charge is 0.336 e. The van der Waals surface area contributed by atoms with Gasteiger partial charge in [-0.15, -0.1) is 0 Å². The lowest BCUT2D eigenvalue weighted by Crippen LogP contribution is -2.58. The summed E-state index contributed by atoms with van der Waals surface area (Å²) in [4.78, 5) is 17.3. The molecule has 0 spiro atoms. The van der Waals surface area contributed by atoms with Gasteiger partial charge in [-0.3, -0.25) is 9.69 Å². The molecule has 1 saturated heterocycles. The Balaban J connectivity index is 1.62. The maximum Gasteiger partial charge on any atom is 0.253 e.